The molecule has 2 heterocycles. The molecule has 3 aliphatic carbocycles. The molecule has 10 nitrogen and oxygen atoms in total. The summed E-state index contributed by atoms with van der Waals surface area (Å²) in [4.78, 5) is 54.4. The molecule has 2 atom stereocenters. The van der Waals surface area contributed by atoms with Gasteiger partial charge in [-0.05, 0) is 49.9 Å². The molecule has 1 saturated heterocycles. The standard InChI is InChI=1S/C33H34Br2N4O6/c1-31(2,34)29(42)44-16-9-14-38-18-23(36-37-38)33-21-12-7-5-10-19(21)24(20-11-6-8-13-22(20)33)25-26(33)28(41)39(27(25)40)15-17-45-30(43)32(3,4)35/h5-8,10-13,18,24-26H,9,14-17H2,1-4H3. The Morgan fingerprint density at radius 1 is 0.844 bits per heavy atom. The van der Waals surface area contributed by atoms with Crippen LogP contribution in [0.1, 0.15) is 68.0 Å². The molecule has 1 aliphatic heterocycles. The normalized spacial score (nSPS) is 23.4. The number of hydrogen-bond acceptors (Lipinski definition) is 8. The van der Waals surface area contributed by atoms with E-state index < -0.39 is 31.9 Å². The van der Waals surface area contributed by atoms with Gasteiger partial charge in [-0.25, -0.2) is 0 Å². The number of esters is 2. The minimum absolute atomic E-state index is 0.0361. The van der Waals surface area contributed by atoms with E-state index in [2.05, 4.69) is 42.2 Å². The summed E-state index contributed by atoms with van der Waals surface area (Å²) < 4.78 is 10.8. The quantitative estimate of drug-likeness (QED) is 0.129. The first-order chi connectivity index (χ1) is 21.3. The van der Waals surface area contributed by atoms with Crippen LogP contribution in [-0.4, -0.2) is 72.1 Å². The molecule has 0 spiro atoms. The van der Waals surface area contributed by atoms with Crippen LogP contribution in [0, 0.1) is 11.8 Å². The van der Waals surface area contributed by atoms with Crippen LogP contribution < -0.4 is 0 Å². The molecule has 7 rings (SSSR count). The number of imide groups is 1. The maximum atomic E-state index is 14.4. The largest absolute Gasteiger partial charge is 0.465 e. The summed E-state index contributed by atoms with van der Waals surface area (Å²) in [5, 5.41) is 9.08. The smallest absolute Gasteiger partial charge is 0.322 e. The number of rotatable bonds is 10. The molecule has 12 heteroatoms. The van der Waals surface area contributed by atoms with Gasteiger partial charge in [-0.3, -0.25) is 28.8 Å². The lowest BCUT2D eigenvalue weighted by Gasteiger charge is -2.53. The fourth-order valence-electron chi connectivity index (χ4n) is 7.04. The number of carbonyl (C=O) groups is 4. The van der Waals surface area contributed by atoms with Crippen LogP contribution in [0.25, 0.3) is 0 Å². The number of alkyl halides is 2. The highest BCUT2D eigenvalue weighted by molar-refractivity contribution is 9.10. The van der Waals surface area contributed by atoms with Crippen molar-refractivity contribution < 1.29 is 28.7 Å². The van der Waals surface area contributed by atoms with Crippen molar-refractivity contribution in [2.75, 3.05) is 19.8 Å². The molecule has 2 aromatic carbocycles. The van der Waals surface area contributed by atoms with Gasteiger partial charge in [0.05, 0.1) is 36.1 Å². The minimum Gasteiger partial charge on any atom is -0.465 e. The Balaban J connectivity index is 1.37. The van der Waals surface area contributed by atoms with Gasteiger partial charge in [0.1, 0.15) is 15.3 Å². The summed E-state index contributed by atoms with van der Waals surface area (Å²) in [7, 11) is 0. The van der Waals surface area contributed by atoms with Crippen molar-refractivity contribution in [1.29, 1.82) is 0 Å². The van der Waals surface area contributed by atoms with Crippen LogP contribution in [0.15, 0.2) is 54.7 Å². The second-order valence-electron chi connectivity index (χ2n) is 12.7. The van der Waals surface area contributed by atoms with Gasteiger partial charge in [-0.1, -0.05) is 85.6 Å². The fraction of sp³-hybridized carbons (Fsp3) is 0.455. The molecule has 2 unspecified atom stereocenters. The van der Waals surface area contributed by atoms with Gasteiger partial charge < -0.3 is 9.47 Å². The Kier molecular flexibility index (Phi) is 8.04. The van der Waals surface area contributed by atoms with Gasteiger partial charge in [0.2, 0.25) is 11.8 Å². The van der Waals surface area contributed by atoms with E-state index in [1.165, 1.54) is 4.90 Å². The van der Waals surface area contributed by atoms with E-state index in [9.17, 15) is 19.2 Å². The van der Waals surface area contributed by atoms with Crippen LogP contribution in [0.5, 0.6) is 0 Å². The molecule has 236 valence electrons. The Bertz CT molecular complexity index is 1640. The summed E-state index contributed by atoms with van der Waals surface area (Å²) in [5.41, 5.74) is 3.37. The monoisotopic (exact) mass is 740 g/mol. The number of amides is 2. The SMILES string of the molecule is CC(C)(Br)C(=O)OCCCn1cc(C23c4ccccc4C(c4ccccc42)C2C(=O)N(CCOC(=O)C(C)(C)Br)C(=O)C23)nn1. The maximum Gasteiger partial charge on any atom is 0.322 e. The summed E-state index contributed by atoms with van der Waals surface area (Å²) in [6.07, 6.45) is 2.35. The highest BCUT2D eigenvalue weighted by atomic mass is 79.9. The van der Waals surface area contributed by atoms with Crippen molar-refractivity contribution in [1.82, 2.24) is 19.9 Å². The zero-order valence-electron chi connectivity index (χ0n) is 25.5. The molecule has 2 bridgehead atoms. The highest BCUT2D eigenvalue weighted by Crippen LogP contribution is 2.65. The number of hydrogen-bond donors (Lipinski definition) is 0. The topological polar surface area (TPSA) is 121 Å². The van der Waals surface area contributed by atoms with Crippen LogP contribution in [0.3, 0.4) is 0 Å². The maximum absolute atomic E-state index is 14.4. The zero-order chi connectivity index (χ0) is 32.3. The van der Waals surface area contributed by atoms with Crippen LogP contribution >= 0.6 is 31.9 Å². The third kappa shape index (κ3) is 5.14. The van der Waals surface area contributed by atoms with E-state index in [-0.39, 0.29) is 43.5 Å². The summed E-state index contributed by atoms with van der Waals surface area (Å²) in [6, 6.07) is 15.9. The lowest BCUT2D eigenvalue weighted by atomic mass is 9.46. The molecule has 0 N–H and O–H groups in total. The Labute approximate surface area is 278 Å². The Morgan fingerprint density at radius 2 is 1.40 bits per heavy atom. The first kappa shape index (κ1) is 31.6. The lowest BCUT2D eigenvalue weighted by molar-refractivity contribution is -0.149. The number of halogens is 2. The molecule has 1 fully saturated rings. The summed E-state index contributed by atoms with van der Waals surface area (Å²) >= 11 is 6.61. The van der Waals surface area contributed by atoms with Crippen molar-refractivity contribution in [2.45, 2.75) is 60.6 Å². The number of aryl methyl sites for hydroxylation is 1. The first-order valence-electron chi connectivity index (χ1n) is 14.9. The number of ether oxygens (including phenoxy) is 2. The summed E-state index contributed by atoms with van der Waals surface area (Å²) in [5.74, 6) is -3.12. The van der Waals surface area contributed by atoms with Gasteiger partial charge in [0.25, 0.3) is 0 Å². The van der Waals surface area contributed by atoms with Crippen LogP contribution in [0.2, 0.25) is 0 Å². The Hall–Kier alpha value is -3.38. The number of likely N-dealkylation sites (tertiary alicyclic amines) is 1. The van der Waals surface area contributed by atoms with E-state index in [0.717, 1.165) is 22.3 Å². The Morgan fingerprint density at radius 3 is 1.98 bits per heavy atom. The van der Waals surface area contributed by atoms with Crippen molar-refractivity contribution in [2.24, 2.45) is 11.8 Å². The molecular weight excluding hydrogens is 708 g/mol. The molecular formula is C33H34Br2N4O6. The third-order valence-electron chi connectivity index (χ3n) is 8.94. The van der Waals surface area contributed by atoms with E-state index in [1.54, 1.807) is 32.4 Å². The van der Waals surface area contributed by atoms with E-state index in [4.69, 9.17) is 9.47 Å². The van der Waals surface area contributed by atoms with Crippen molar-refractivity contribution >= 4 is 55.6 Å². The molecule has 45 heavy (non-hydrogen) atoms. The van der Waals surface area contributed by atoms with Gasteiger partial charge >= 0.3 is 11.9 Å². The minimum atomic E-state index is -1.06. The average molecular weight is 742 g/mol. The first-order valence-corrected chi connectivity index (χ1v) is 16.5. The van der Waals surface area contributed by atoms with Gasteiger partial charge in [-0.15, -0.1) is 5.10 Å². The van der Waals surface area contributed by atoms with Crippen molar-refractivity contribution in [3.05, 3.63) is 82.7 Å². The van der Waals surface area contributed by atoms with Gasteiger partial charge in [0, 0.05) is 25.1 Å². The third-order valence-corrected chi connectivity index (χ3v) is 9.58. The average Bonchev–Trinajstić information content (AvgIpc) is 3.57. The molecule has 4 aliphatic rings. The zero-order valence-corrected chi connectivity index (χ0v) is 28.6. The molecule has 0 saturated carbocycles. The van der Waals surface area contributed by atoms with Crippen LogP contribution in [-0.2, 0) is 40.6 Å². The fourth-order valence-corrected chi connectivity index (χ4v) is 7.27. The molecule has 3 aromatic rings. The lowest BCUT2D eigenvalue weighted by Crippen LogP contribution is -2.54. The predicted molar refractivity (Wildman–Crippen MR) is 171 cm³/mol. The highest BCUT2D eigenvalue weighted by Gasteiger charge is 2.69. The number of aromatic nitrogens is 3. The number of benzene rings is 2. The molecule has 1 aromatic heterocycles. The summed E-state index contributed by atoms with van der Waals surface area (Å²) in [6.45, 7) is 7.32. The van der Waals surface area contributed by atoms with Gasteiger partial charge in [-0.2, -0.15) is 0 Å². The van der Waals surface area contributed by atoms with Crippen molar-refractivity contribution in [3.63, 3.8) is 0 Å². The van der Waals surface area contributed by atoms with Crippen LogP contribution in [0.4, 0.5) is 0 Å². The van der Waals surface area contributed by atoms with E-state index in [1.807, 2.05) is 54.7 Å². The molecule has 2 amide bonds. The second kappa shape index (κ2) is 11.5. The second-order valence-corrected chi connectivity index (χ2v) is 16.7. The van der Waals surface area contributed by atoms with Gasteiger partial charge in [0.15, 0.2) is 0 Å². The predicted octanol–water partition coefficient (Wildman–Crippen LogP) is 4.50. The number of carbonyl (C=O) groups excluding carboxylic acids is 4. The van der Waals surface area contributed by atoms with E-state index >= 15 is 0 Å². The van der Waals surface area contributed by atoms with Crippen molar-refractivity contribution in [3.8, 4) is 0 Å². The molecule has 0 radical (unpaired) electrons. The van der Waals surface area contributed by atoms with E-state index in [0.29, 0.717) is 18.7 Å². The number of nitrogens with zero attached hydrogens (tertiary/aromatic N) is 4.